The Balaban J connectivity index is 1.70. The molecule has 0 atom stereocenters. The third kappa shape index (κ3) is 4.41. The maximum atomic E-state index is 12.7. The smallest absolute Gasteiger partial charge is 0.267 e. The van der Waals surface area contributed by atoms with E-state index < -0.39 is 0 Å². The predicted molar refractivity (Wildman–Crippen MR) is 116 cm³/mol. The van der Waals surface area contributed by atoms with E-state index in [2.05, 4.69) is 24.4 Å². The summed E-state index contributed by atoms with van der Waals surface area (Å²) < 4.78 is 0.518. The molecule has 0 aliphatic carbocycles. The standard InChI is InChI=1S/C19H16Cl2N2OS2/c1-2-12-3-7-15(8-4-12)22-11-23-18(24)17(26-19(23)25)9-13-5-6-14(20)10-16(13)21/h3-10,22H,2,11H2,1H3/b17-9+. The lowest BCUT2D eigenvalue weighted by Crippen LogP contribution is -2.33. The second kappa shape index (κ2) is 8.44. The van der Waals surface area contributed by atoms with Gasteiger partial charge in [-0.05, 0) is 47.9 Å². The minimum atomic E-state index is -0.135. The highest BCUT2D eigenvalue weighted by Gasteiger charge is 2.31. The van der Waals surface area contributed by atoms with E-state index >= 15 is 0 Å². The number of benzene rings is 2. The maximum absolute atomic E-state index is 12.7. The third-order valence-electron chi connectivity index (χ3n) is 3.93. The van der Waals surface area contributed by atoms with Gasteiger partial charge in [0.25, 0.3) is 5.91 Å². The summed E-state index contributed by atoms with van der Waals surface area (Å²) in [6, 6.07) is 13.3. The molecule has 0 bridgehead atoms. The van der Waals surface area contributed by atoms with Gasteiger partial charge in [-0.3, -0.25) is 9.69 Å². The molecule has 1 fully saturated rings. The number of carbonyl (C=O) groups excluding carboxylic acids is 1. The van der Waals surface area contributed by atoms with Gasteiger partial charge in [0.1, 0.15) is 4.32 Å². The van der Waals surface area contributed by atoms with Crippen molar-refractivity contribution in [2.75, 3.05) is 12.0 Å². The zero-order valence-corrected chi connectivity index (χ0v) is 17.1. The van der Waals surface area contributed by atoms with Gasteiger partial charge in [0.05, 0.1) is 11.6 Å². The molecule has 1 amide bonds. The van der Waals surface area contributed by atoms with Crippen molar-refractivity contribution in [3.63, 3.8) is 0 Å². The van der Waals surface area contributed by atoms with E-state index in [4.69, 9.17) is 35.4 Å². The summed E-state index contributed by atoms with van der Waals surface area (Å²) in [5, 5.41) is 4.29. The topological polar surface area (TPSA) is 32.3 Å². The number of halogens is 2. The lowest BCUT2D eigenvalue weighted by Gasteiger charge is -2.16. The Hall–Kier alpha value is -1.53. The first kappa shape index (κ1) is 19.2. The highest BCUT2D eigenvalue weighted by Crippen LogP contribution is 2.34. The Morgan fingerprint density at radius 1 is 1.19 bits per heavy atom. The second-order valence-electron chi connectivity index (χ2n) is 5.66. The molecule has 0 aromatic heterocycles. The van der Waals surface area contributed by atoms with Gasteiger partial charge in [0.2, 0.25) is 0 Å². The molecule has 0 spiro atoms. The molecule has 1 heterocycles. The van der Waals surface area contributed by atoms with Crippen molar-refractivity contribution in [2.45, 2.75) is 13.3 Å². The molecule has 1 saturated heterocycles. The average Bonchev–Trinajstić information content (AvgIpc) is 2.89. The molecular formula is C19H16Cl2N2OS2. The van der Waals surface area contributed by atoms with Gasteiger partial charge in [-0.1, -0.05) is 72.3 Å². The summed E-state index contributed by atoms with van der Waals surface area (Å²) in [5.41, 5.74) is 2.95. The lowest BCUT2D eigenvalue weighted by atomic mass is 10.1. The molecule has 1 aliphatic rings. The molecule has 0 radical (unpaired) electrons. The van der Waals surface area contributed by atoms with E-state index in [9.17, 15) is 4.79 Å². The summed E-state index contributed by atoms with van der Waals surface area (Å²) in [6.45, 7) is 2.43. The molecule has 1 aliphatic heterocycles. The van der Waals surface area contributed by atoms with Crippen LogP contribution >= 0.6 is 47.2 Å². The fraction of sp³-hybridized carbons (Fsp3) is 0.158. The summed E-state index contributed by atoms with van der Waals surface area (Å²) in [5.74, 6) is -0.135. The number of hydrogen-bond donors (Lipinski definition) is 1. The van der Waals surface area contributed by atoms with Crippen molar-refractivity contribution < 1.29 is 4.79 Å². The van der Waals surface area contributed by atoms with Crippen LogP contribution in [0.5, 0.6) is 0 Å². The minimum Gasteiger partial charge on any atom is -0.367 e. The van der Waals surface area contributed by atoms with Crippen molar-refractivity contribution in [2.24, 2.45) is 0 Å². The molecule has 0 unspecified atom stereocenters. The molecule has 3 rings (SSSR count). The summed E-state index contributed by atoms with van der Waals surface area (Å²) in [6.07, 6.45) is 2.74. The van der Waals surface area contributed by atoms with Crippen molar-refractivity contribution >= 4 is 69.2 Å². The summed E-state index contributed by atoms with van der Waals surface area (Å²) in [7, 11) is 0. The number of thiocarbonyl (C=S) groups is 1. The Morgan fingerprint density at radius 3 is 2.58 bits per heavy atom. The monoisotopic (exact) mass is 422 g/mol. The van der Waals surface area contributed by atoms with Gasteiger partial charge in [-0.2, -0.15) is 0 Å². The molecule has 134 valence electrons. The molecular weight excluding hydrogens is 407 g/mol. The molecule has 26 heavy (non-hydrogen) atoms. The first-order chi connectivity index (χ1) is 12.5. The van der Waals surface area contributed by atoms with Crippen LogP contribution in [0.4, 0.5) is 5.69 Å². The molecule has 1 N–H and O–H groups in total. The van der Waals surface area contributed by atoms with Crippen LogP contribution < -0.4 is 5.32 Å². The van der Waals surface area contributed by atoms with Gasteiger partial charge < -0.3 is 5.32 Å². The first-order valence-electron chi connectivity index (χ1n) is 8.01. The van der Waals surface area contributed by atoms with Gasteiger partial charge >= 0.3 is 0 Å². The van der Waals surface area contributed by atoms with Crippen LogP contribution in [-0.4, -0.2) is 21.8 Å². The number of hydrogen-bond acceptors (Lipinski definition) is 4. The number of carbonyl (C=O) groups is 1. The van der Waals surface area contributed by atoms with Crippen LogP contribution in [0, 0.1) is 0 Å². The fourth-order valence-corrected chi connectivity index (χ4v) is 4.13. The van der Waals surface area contributed by atoms with Crippen LogP contribution in [0.25, 0.3) is 6.08 Å². The van der Waals surface area contributed by atoms with Crippen molar-refractivity contribution in [1.29, 1.82) is 0 Å². The number of aryl methyl sites for hydroxylation is 1. The number of anilines is 1. The average molecular weight is 423 g/mol. The van der Waals surface area contributed by atoms with Crippen LogP contribution in [0.15, 0.2) is 47.4 Å². The number of nitrogens with one attached hydrogen (secondary N) is 1. The van der Waals surface area contributed by atoms with Crippen LogP contribution in [0.2, 0.25) is 10.0 Å². The van der Waals surface area contributed by atoms with Gasteiger partial charge in [0.15, 0.2) is 0 Å². The predicted octanol–water partition coefficient (Wildman–Crippen LogP) is 5.83. The number of thioether (sulfide) groups is 1. The normalized spacial score (nSPS) is 15.8. The quantitative estimate of drug-likeness (QED) is 0.485. The molecule has 2 aromatic rings. The highest BCUT2D eigenvalue weighted by molar-refractivity contribution is 8.26. The van der Waals surface area contributed by atoms with Crippen LogP contribution in [0.3, 0.4) is 0 Å². The highest BCUT2D eigenvalue weighted by atomic mass is 35.5. The SMILES string of the molecule is CCc1ccc(NCN2C(=O)/C(=C\c3ccc(Cl)cc3Cl)SC2=S)cc1. The van der Waals surface area contributed by atoms with E-state index in [1.54, 1.807) is 29.2 Å². The van der Waals surface area contributed by atoms with E-state index in [1.165, 1.54) is 17.3 Å². The number of nitrogens with zero attached hydrogens (tertiary/aromatic N) is 1. The Kier molecular flexibility index (Phi) is 6.24. The number of amides is 1. The van der Waals surface area contributed by atoms with Gasteiger partial charge in [-0.25, -0.2) is 0 Å². The summed E-state index contributed by atoms with van der Waals surface area (Å²) >= 11 is 18.7. The zero-order valence-electron chi connectivity index (χ0n) is 14.0. The van der Waals surface area contributed by atoms with Crippen LogP contribution in [0.1, 0.15) is 18.1 Å². The summed E-state index contributed by atoms with van der Waals surface area (Å²) in [4.78, 5) is 14.7. The van der Waals surface area contributed by atoms with Crippen LogP contribution in [-0.2, 0) is 11.2 Å². The largest absolute Gasteiger partial charge is 0.367 e. The molecule has 2 aromatic carbocycles. The number of rotatable bonds is 5. The van der Waals surface area contributed by atoms with E-state index in [0.29, 0.717) is 25.9 Å². The van der Waals surface area contributed by atoms with E-state index in [1.807, 2.05) is 12.1 Å². The molecule has 3 nitrogen and oxygen atoms in total. The zero-order chi connectivity index (χ0) is 18.7. The lowest BCUT2D eigenvalue weighted by molar-refractivity contribution is -0.121. The Labute approximate surface area is 172 Å². The van der Waals surface area contributed by atoms with Gasteiger partial charge in [-0.15, -0.1) is 0 Å². The van der Waals surface area contributed by atoms with Gasteiger partial charge in [0, 0.05) is 15.7 Å². The minimum absolute atomic E-state index is 0.135. The second-order valence-corrected chi connectivity index (χ2v) is 8.18. The third-order valence-corrected chi connectivity index (χ3v) is 5.87. The Bertz CT molecular complexity index is 882. The van der Waals surface area contributed by atoms with E-state index in [0.717, 1.165) is 17.7 Å². The van der Waals surface area contributed by atoms with Crippen molar-refractivity contribution in [3.8, 4) is 0 Å². The van der Waals surface area contributed by atoms with Crippen molar-refractivity contribution in [1.82, 2.24) is 4.90 Å². The fourth-order valence-electron chi connectivity index (χ4n) is 2.42. The molecule has 7 heteroatoms. The first-order valence-corrected chi connectivity index (χ1v) is 9.99. The van der Waals surface area contributed by atoms with Crippen molar-refractivity contribution in [3.05, 3.63) is 68.5 Å². The maximum Gasteiger partial charge on any atom is 0.267 e. The Morgan fingerprint density at radius 2 is 1.92 bits per heavy atom. The van der Waals surface area contributed by atoms with E-state index in [-0.39, 0.29) is 5.91 Å². The molecule has 0 saturated carbocycles.